The number of anilines is 2. The van der Waals surface area contributed by atoms with Gasteiger partial charge in [-0.1, -0.05) is 20.3 Å². The third-order valence-corrected chi connectivity index (χ3v) is 3.78. The Morgan fingerprint density at radius 3 is 2.78 bits per heavy atom. The molecule has 1 unspecified atom stereocenters. The summed E-state index contributed by atoms with van der Waals surface area (Å²) in [7, 11) is 0. The van der Waals surface area contributed by atoms with E-state index in [0.29, 0.717) is 0 Å². The Kier molecular flexibility index (Phi) is 4.39. The van der Waals surface area contributed by atoms with Crippen molar-refractivity contribution in [1.82, 2.24) is 9.97 Å². The molecule has 1 saturated heterocycles. The number of nitrogens with one attached hydrogen (secondary N) is 1. The molecule has 1 fully saturated rings. The van der Waals surface area contributed by atoms with Crippen LogP contribution in [-0.2, 0) is 6.42 Å². The molecule has 1 aromatic heterocycles. The summed E-state index contributed by atoms with van der Waals surface area (Å²) >= 11 is 0. The molecule has 1 atom stereocenters. The van der Waals surface area contributed by atoms with Gasteiger partial charge in [0.25, 0.3) is 0 Å². The molecule has 1 aliphatic rings. The molecule has 0 amide bonds. The molecule has 0 spiro atoms. The smallest absolute Gasteiger partial charge is 0.137 e. The highest BCUT2D eigenvalue weighted by Gasteiger charge is 2.24. The van der Waals surface area contributed by atoms with E-state index >= 15 is 0 Å². The van der Waals surface area contributed by atoms with Crippen LogP contribution < -0.4 is 10.2 Å². The van der Waals surface area contributed by atoms with E-state index in [1.165, 1.54) is 18.4 Å². The lowest BCUT2D eigenvalue weighted by Gasteiger charge is -2.21. The topological polar surface area (TPSA) is 41.1 Å². The van der Waals surface area contributed by atoms with Crippen molar-refractivity contribution < 1.29 is 0 Å². The van der Waals surface area contributed by atoms with Crippen LogP contribution in [0.15, 0.2) is 6.33 Å². The van der Waals surface area contributed by atoms with Crippen LogP contribution >= 0.6 is 0 Å². The van der Waals surface area contributed by atoms with E-state index in [4.69, 9.17) is 0 Å². The molecule has 0 saturated carbocycles. The van der Waals surface area contributed by atoms with Crippen molar-refractivity contribution in [3.8, 4) is 0 Å². The van der Waals surface area contributed by atoms with Crippen molar-refractivity contribution in [1.29, 1.82) is 0 Å². The van der Waals surface area contributed by atoms with Gasteiger partial charge in [0.2, 0.25) is 0 Å². The number of aromatic nitrogens is 2. The molecule has 1 aliphatic heterocycles. The molecule has 0 bridgehead atoms. The van der Waals surface area contributed by atoms with Gasteiger partial charge in [0.15, 0.2) is 0 Å². The van der Waals surface area contributed by atoms with Gasteiger partial charge in [-0.2, -0.15) is 0 Å². The molecule has 4 nitrogen and oxygen atoms in total. The van der Waals surface area contributed by atoms with Crippen LogP contribution in [0.3, 0.4) is 0 Å². The largest absolute Gasteiger partial charge is 0.370 e. The average molecular weight is 248 g/mol. The summed E-state index contributed by atoms with van der Waals surface area (Å²) in [6.07, 6.45) is 5.22. The maximum atomic E-state index is 4.52. The molecule has 100 valence electrons. The number of nitrogens with zero attached hydrogens (tertiary/aromatic N) is 3. The van der Waals surface area contributed by atoms with E-state index in [1.807, 2.05) is 0 Å². The minimum absolute atomic E-state index is 0.826. The second kappa shape index (κ2) is 6.03. The monoisotopic (exact) mass is 248 g/mol. The first kappa shape index (κ1) is 13.1. The number of hydrogen-bond donors (Lipinski definition) is 1. The Labute approximate surface area is 110 Å². The first-order valence-corrected chi connectivity index (χ1v) is 7.12. The summed E-state index contributed by atoms with van der Waals surface area (Å²) in [5.74, 6) is 2.97. The Balaban J connectivity index is 2.24. The molecule has 2 heterocycles. The number of hydrogen-bond acceptors (Lipinski definition) is 4. The minimum atomic E-state index is 0.826. The second-order valence-electron chi connectivity index (χ2n) is 4.92. The Morgan fingerprint density at radius 1 is 1.33 bits per heavy atom. The summed E-state index contributed by atoms with van der Waals surface area (Å²) < 4.78 is 0. The van der Waals surface area contributed by atoms with Gasteiger partial charge in [0.1, 0.15) is 18.0 Å². The van der Waals surface area contributed by atoms with Crippen molar-refractivity contribution in [2.24, 2.45) is 5.92 Å². The van der Waals surface area contributed by atoms with E-state index < -0.39 is 0 Å². The molecule has 18 heavy (non-hydrogen) atoms. The molecule has 4 heteroatoms. The zero-order chi connectivity index (χ0) is 13.0. The van der Waals surface area contributed by atoms with Crippen molar-refractivity contribution in [3.63, 3.8) is 0 Å². The van der Waals surface area contributed by atoms with Gasteiger partial charge >= 0.3 is 0 Å². The fourth-order valence-corrected chi connectivity index (χ4v) is 2.68. The highest BCUT2D eigenvalue weighted by atomic mass is 15.2. The minimum Gasteiger partial charge on any atom is -0.370 e. The van der Waals surface area contributed by atoms with Gasteiger partial charge < -0.3 is 10.2 Å². The Hall–Kier alpha value is -1.32. The first-order chi connectivity index (χ1) is 8.80. The lowest BCUT2D eigenvalue weighted by atomic mass is 10.1. The molecule has 0 aromatic carbocycles. The van der Waals surface area contributed by atoms with Crippen LogP contribution in [0.5, 0.6) is 0 Å². The number of rotatable bonds is 5. The van der Waals surface area contributed by atoms with Crippen LogP contribution in [0.4, 0.5) is 11.6 Å². The SMILES string of the molecule is CCNc1ncnc(N2CCC(CC)C2)c1CC. The first-order valence-electron chi connectivity index (χ1n) is 7.12. The fraction of sp³-hybridized carbons (Fsp3) is 0.714. The van der Waals surface area contributed by atoms with Crippen molar-refractivity contribution in [2.75, 3.05) is 29.9 Å². The molecular formula is C14H24N4. The van der Waals surface area contributed by atoms with E-state index in [2.05, 4.69) is 41.0 Å². The summed E-state index contributed by atoms with van der Waals surface area (Å²) in [5, 5.41) is 3.34. The fourth-order valence-electron chi connectivity index (χ4n) is 2.68. The van der Waals surface area contributed by atoms with Crippen LogP contribution in [0.2, 0.25) is 0 Å². The normalized spacial score (nSPS) is 19.3. The molecule has 0 aliphatic carbocycles. The van der Waals surface area contributed by atoms with Crippen LogP contribution in [0.1, 0.15) is 39.2 Å². The highest BCUT2D eigenvalue weighted by molar-refractivity contribution is 5.59. The predicted molar refractivity (Wildman–Crippen MR) is 76.2 cm³/mol. The van der Waals surface area contributed by atoms with Gasteiger partial charge in [0.05, 0.1) is 0 Å². The zero-order valence-electron chi connectivity index (χ0n) is 11.7. The highest BCUT2D eigenvalue weighted by Crippen LogP contribution is 2.29. The second-order valence-corrected chi connectivity index (χ2v) is 4.92. The Bertz CT molecular complexity index is 391. The Morgan fingerprint density at radius 2 is 2.17 bits per heavy atom. The van der Waals surface area contributed by atoms with Gasteiger partial charge in [-0.25, -0.2) is 9.97 Å². The molecular weight excluding hydrogens is 224 g/mol. The van der Waals surface area contributed by atoms with Gasteiger partial charge in [0, 0.05) is 25.2 Å². The van der Waals surface area contributed by atoms with Crippen LogP contribution in [-0.4, -0.2) is 29.6 Å². The van der Waals surface area contributed by atoms with E-state index in [-0.39, 0.29) is 0 Å². The predicted octanol–water partition coefficient (Wildman–Crippen LogP) is 2.71. The molecule has 1 N–H and O–H groups in total. The summed E-state index contributed by atoms with van der Waals surface area (Å²) in [6.45, 7) is 9.74. The van der Waals surface area contributed by atoms with Crippen LogP contribution in [0, 0.1) is 5.92 Å². The lowest BCUT2D eigenvalue weighted by molar-refractivity contribution is 0.568. The maximum Gasteiger partial charge on any atom is 0.137 e. The molecule has 1 aromatic rings. The van der Waals surface area contributed by atoms with Gasteiger partial charge in [-0.05, 0) is 25.7 Å². The van der Waals surface area contributed by atoms with Crippen LogP contribution in [0.25, 0.3) is 0 Å². The summed E-state index contributed by atoms with van der Waals surface area (Å²) in [4.78, 5) is 11.3. The third-order valence-electron chi connectivity index (χ3n) is 3.78. The van der Waals surface area contributed by atoms with Crippen molar-refractivity contribution in [3.05, 3.63) is 11.9 Å². The zero-order valence-corrected chi connectivity index (χ0v) is 11.7. The van der Waals surface area contributed by atoms with E-state index in [1.54, 1.807) is 6.33 Å². The lowest BCUT2D eigenvalue weighted by Crippen LogP contribution is -2.23. The van der Waals surface area contributed by atoms with Crippen molar-refractivity contribution >= 4 is 11.6 Å². The average Bonchev–Trinajstić information content (AvgIpc) is 2.87. The van der Waals surface area contributed by atoms with Crippen molar-refractivity contribution in [2.45, 2.75) is 40.0 Å². The summed E-state index contributed by atoms with van der Waals surface area (Å²) in [6, 6.07) is 0. The molecule has 2 rings (SSSR count). The van der Waals surface area contributed by atoms with E-state index in [0.717, 1.165) is 43.6 Å². The maximum absolute atomic E-state index is 4.52. The third kappa shape index (κ3) is 2.57. The quantitative estimate of drug-likeness (QED) is 0.870. The standard InChI is InChI=1S/C14H24N4/c1-4-11-7-8-18(9-11)14-12(5-2)13(15-6-3)16-10-17-14/h10-11H,4-9H2,1-3H3,(H,15,16,17). The van der Waals surface area contributed by atoms with E-state index in [9.17, 15) is 0 Å². The molecule has 0 radical (unpaired) electrons. The van der Waals surface area contributed by atoms with Gasteiger partial charge in [-0.15, -0.1) is 0 Å². The van der Waals surface area contributed by atoms with Gasteiger partial charge in [-0.3, -0.25) is 0 Å². The summed E-state index contributed by atoms with van der Waals surface area (Å²) in [5.41, 5.74) is 1.26.